The van der Waals surface area contributed by atoms with Gasteiger partial charge in [-0.3, -0.25) is 19.2 Å². The minimum absolute atomic E-state index is 0.0428. The van der Waals surface area contributed by atoms with E-state index in [9.17, 15) is 45.5 Å². The van der Waals surface area contributed by atoms with Crippen LogP contribution >= 0.6 is 0 Å². The van der Waals surface area contributed by atoms with Gasteiger partial charge in [0.2, 0.25) is 0 Å². The van der Waals surface area contributed by atoms with E-state index < -0.39 is 35.4 Å². The molecule has 372 valence electrons. The lowest BCUT2D eigenvalue weighted by Crippen LogP contribution is -2.27. The van der Waals surface area contributed by atoms with E-state index in [1.807, 2.05) is 65.8 Å². The van der Waals surface area contributed by atoms with Crippen molar-refractivity contribution in [2.45, 2.75) is 78.8 Å². The predicted octanol–water partition coefficient (Wildman–Crippen LogP) is 9.38. The van der Waals surface area contributed by atoms with Crippen LogP contribution in [-0.4, -0.2) is 76.6 Å². The maximum absolute atomic E-state index is 12.8. The Balaban J connectivity index is 0.000000261. The fourth-order valence-electron chi connectivity index (χ4n) is 6.76. The molecular formula is C48H52F6N10O6. The van der Waals surface area contributed by atoms with Crippen molar-refractivity contribution in [1.82, 2.24) is 40.2 Å². The van der Waals surface area contributed by atoms with Crippen LogP contribution in [0.4, 0.5) is 37.7 Å². The van der Waals surface area contributed by atoms with E-state index in [2.05, 4.69) is 41.4 Å². The third kappa shape index (κ3) is 15.1. The molecule has 6 rings (SSSR count). The molecule has 2 atom stereocenters. The van der Waals surface area contributed by atoms with Crippen LogP contribution in [0.25, 0.3) is 11.6 Å². The Kier molecular flexibility index (Phi) is 16.8. The summed E-state index contributed by atoms with van der Waals surface area (Å²) in [6, 6.07) is 20.1. The number of benzene rings is 2. The lowest BCUT2D eigenvalue weighted by molar-refractivity contribution is -0.138. The first-order valence-corrected chi connectivity index (χ1v) is 21.6. The molecule has 0 bridgehead atoms. The number of halogens is 6. The maximum atomic E-state index is 12.8. The van der Waals surface area contributed by atoms with Crippen molar-refractivity contribution >= 4 is 35.1 Å². The molecular weight excluding hydrogens is 927 g/mol. The number of carboxylic acids is 2. The van der Waals surface area contributed by atoms with Gasteiger partial charge in [0.05, 0.1) is 72.2 Å². The molecule has 0 fully saturated rings. The van der Waals surface area contributed by atoms with Gasteiger partial charge in [0.1, 0.15) is 0 Å². The third-order valence-electron chi connectivity index (χ3n) is 10.4. The number of hydrogen-bond donors (Lipinski definition) is 6. The highest BCUT2D eigenvalue weighted by atomic mass is 19.4. The van der Waals surface area contributed by atoms with Crippen molar-refractivity contribution in [3.63, 3.8) is 0 Å². The van der Waals surface area contributed by atoms with E-state index >= 15 is 0 Å². The van der Waals surface area contributed by atoms with Gasteiger partial charge in [-0.25, -0.2) is 19.3 Å². The van der Waals surface area contributed by atoms with Crippen molar-refractivity contribution in [3.05, 3.63) is 143 Å². The molecule has 0 saturated carbocycles. The van der Waals surface area contributed by atoms with Crippen molar-refractivity contribution in [1.29, 1.82) is 0 Å². The molecule has 22 heteroatoms. The average Bonchev–Trinajstić information content (AvgIpc) is 4.00. The Bertz CT molecular complexity index is 2520. The Morgan fingerprint density at radius 2 is 0.871 bits per heavy atom. The summed E-state index contributed by atoms with van der Waals surface area (Å²) in [7, 11) is 0. The van der Waals surface area contributed by atoms with Gasteiger partial charge in [-0.2, -0.15) is 36.5 Å². The Hall–Kier alpha value is -7.78. The summed E-state index contributed by atoms with van der Waals surface area (Å²) in [4.78, 5) is 54.1. The third-order valence-corrected chi connectivity index (χ3v) is 10.4. The maximum Gasteiger partial charge on any atom is 0.419 e. The molecule has 0 aliphatic rings. The summed E-state index contributed by atoms with van der Waals surface area (Å²) in [5.74, 6) is -2.19. The summed E-state index contributed by atoms with van der Waals surface area (Å²) < 4.78 is 79.1. The number of rotatable bonds is 16. The van der Waals surface area contributed by atoms with E-state index in [0.717, 1.165) is 45.3 Å². The zero-order chi connectivity index (χ0) is 51.6. The fourth-order valence-corrected chi connectivity index (χ4v) is 6.76. The average molecular weight is 979 g/mol. The van der Waals surface area contributed by atoms with Gasteiger partial charge in [-0.15, -0.1) is 0 Å². The SMILES string of the molecule is CC(C)(C)[C@@H](Nc1ccc(-n2cc(C(F)(F)F)cn2)nc1)c1ccc(C(=O)NCCC(=O)O)cc1.CC(C)(C)[C@H](Nc1ccc(-n2cc(C(F)(F)F)cn2)nc1)c1ccc(C(=O)NCCC(=O)O)cc1. The molecule has 0 saturated heterocycles. The fraction of sp³-hybridized carbons (Fsp3) is 0.333. The van der Waals surface area contributed by atoms with E-state index in [1.165, 1.54) is 12.4 Å². The number of pyridine rings is 2. The number of hydrogen-bond acceptors (Lipinski definition) is 10. The first-order chi connectivity index (χ1) is 32.7. The molecule has 0 aliphatic heterocycles. The largest absolute Gasteiger partial charge is 0.481 e. The number of nitrogens with zero attached hydrogens (tertiary/aromatic N) is 6. The smallest absolute Gasteiger partial charge is 0.419 e. The van der Waals surface area contributed by atoms with Gasteiger partial charge in [0.25, 0.3) is 11.8 Å². The number of aliphatic carboxylic acids is 2. The standard InChI is InChI=1S/2C24H26F3N5O3/c2*1-23(2,3)21(15-4-6-16(7-5-15)22(35)28-11-10-20(33)34)31-18-8-9-19(29-13-18)32-14-17(12-30-32)24(25,26)27/h2*4-9,12-14,21,31H,10-11H2,1-3H3,(H,28,35)(H,33,34)/t2*21-/m10/s1. The van der Waals surface area contributed by atoms with Gasteiger partial charge in [0, 0.05) is 36.6 Å². The van der Waals surface area contributed by atoms with E-state index in [4.69, 9.17) is 10.2 Å². The van der Waals surface area contributed by atoms with Crippen LogP contribution < -0.4 is 21.3 Å². The first kappa shape index (κ1) is 53.2. The number of nitrogens with one attached hydrogen (secondary N) is 4. The molecule has 0 aliphatic carbocycles. The van der Waals surface area contributed by atoms with Gasteiger partial charge >= 0.3 is 24.3 Å². The molecule has 6 N–H and O–H groups in total. The molecule has 2 aromatic carbocycles. The second-order valence-electron chi connectivity index (χ2n) is 18.1. The molecule has 0 unspecified atom stereocenters. The minimum atomic E-state index is -4.48. The van der Waals surface area contributed by atoms with Crippen LogP contribution in [0.5, 0.6) is 0 Å². The zero-order valence-electron chi connectivity index (χ0n) is 38.9. The van der Waals surface area contributed by atoms with Crippen LogP contribution in [0.3, 0.4) is 0 Å². The van der Waals surface area contributed by atoms with Gasteiger partial charge < -0.3 is 31.5 Å². The number of alkyl halides is 6. The number of carbonyl (C=O) groups is 4. The summed E-state index contributed by atoms with van der Waals surface area (Å²) in [6.45, 7) is 12.3. The lowest BCUT2D eigenvalue weighted by Gasteiger charge is -2.33. The quantitative estimate of drug-likeness (QED) is 0.0500. The Labute approximate surface area is 398 Å². The summed E-state index contributed by atoms with van der Waals surface area (Å²) in [6.07, 6.45) is -2.96. The topological polar surface area (TPSA) is 218 Å². The highest BCUT2D eigenvalue weighted by Gasteiger charge is 2.34. The number of aromatic nitrogens is 6. The highest BCUT2D eigenvalue weighted by molar-refractivity contribution is 5.95. The van der Waals surface area contributed by atoms with Crippen molar-refractivity contribution in [2.75, 3.05) is 23.7 Å². The van der Waals surface area contributed by atoms with Crippen molar-refractivity contribution in [3.8, 4) is 11.6 Å². The number of amides is 2. The Morgan fingerprint density at radius 3 is 1.13 bits per heavy atom. The monoisotopic (exact) mass is 978 g/mol. The number of carboxylic acid groups (broad SMARTS) is 2. The molecule has 4 aromatic heterocycles. The van der Waals surface area contributed by atoms with E-state index in [0.29, 0.717) is 22.5 Å². The molecule has 2 amide bonds. The zero-order valence-corrected chi connectivity index (χ0v) is 38.9. The number of carbonyl (C=O) groups excluding carboxylic acids is 2. The van der Waals surface area contributed by atoms with Crippen LogP contribution in [0, 0.1) is 10.8 Å². The summed E-state index contributed by atoms with van der Waals surface area (Å²) in [5, 5.41) is 36.8. The van der Waals surface area contributed by atoms with Crippen LogP contribution in [0.2, 0.25) is 0 Å². The second kappa shape index (κ2) is 22.1. The molecule has 4 heterocycles. The molecule has 6 aromatic rings. The van der Waals surface area contributed by atoms with Crippen LogP contribution in [0.1, 0.15) is 109 Å². The predicted molar refractivity (Wildman–Crippen MR) is 246 cm³/mol. The van der Waals surface area contributed by atoms with Crippen LogP contribution in [0.15, 0.2) is 110 Å². The molecule has 16 nitrogen and oxygen atoms in total. The molecule has 70 heavy (non-hydrogen) atoms. The van der Waals surface area contributed by atoms with E-state index in [1.54, 1.807) is 48.5 Å². The van der Waals surface area contributed by atoms with Gasteiger partial charge in [-0.05, 0) is 70.5 Å². The molecule has 0 radical (unpaired) electrons. The summed E-state index contributed by atoms with van der Waals surface area (Å²) >= 11 is 0. The minimum Gasteiger partial charge on any atom is -0.481 e. The number of anilines is 2. The van der Waals surface area contributed by atoms with Crippen molar-refractivity contribution < 1.29 is 55.7 Å². The Morgan fingerprint density at radius 1 is 0.529 bits per heavy atom. The highest BCUT2D eigenvalue weighted by Crippen LogP contribution is 2.38. The first-order valence-electron chi connectivity index (χ1n) is 21.6. The van der Waals surface area contributed by atoms with Gasteiger partial charge in [-0.1, -0.05) is 65.8 Å². The van der Waals surface area contributed by atoms with Gasteiger partial charge in [0.15, 0.2) is 11.6 Å². The van der Waals surface area contributed by atoms with Crippen molar-refractivity contribution in [2.24, 2.45) is 10.8 Å². The van der Waals surface area contributed by atoms with E-state index in [-0.39, 0.29) is 72.3 Å². The van der Waals surface area contributed by atoms with Crippen LogP contribution in [-0.2, 0) is 21.9 Å². The lowest BCUT2D eigenvalue weighted by atomic mass is 9.82. The second-order valence-corrected chi connectivity index (χ2v) is 18.1. The summed E-state index contributed by atoms with van der Waals surface area (Å²) in [5.41, 5.74) is 1.77. The molecule has 0 spiro atoms. The normalized spacial score (nSPS) is 12.7.